The number of hydrogen-bond acceptors (Lipinski definition) is 7. The third-order valence-corrected chi connectivity index (χ3v) is 10.5. The number of nitrogens with zero attached hydrogens (tertiary/aromatic N) is 5. The smallest absolute Gasteiger partial charge is 0.282 e. The Bertz CT molecular complexity index is 1380. The van der Waals surface area contributed by atoms with Crippen molar-refractivity contribution in [3.05, 3.63) is 36.2 Å². The van der Waals surface area contributed by atoms with Crippen molar-refractivity contribution in [3.63, 3.8) is 0 Å². The van der Waals surface area contributed by atoms with Gasteiger partial charge in [0.2, 0.25) is 0 Å². The molecule has 204 valence electrons. The van der Waals surface area contributed by atoms with E-state index in [9.17, 15) is 8.42 Å². The Morgan fingerprint density at radius 1 is 1.11 bits per heavy atom. The number of aromatic amines is 1. The van der Waals surface area contributed by atoms with Crippen LogP contribution in [0.5, 0.6) is 0 Å². The molecule has 3 saturated heterocycles. The van der Waals surface area contributed by atoms with E-state index < -0.39 is 10.2 Å². The van der Waals surface area contributed by atoms with Gasteiger partial charge >= 0.3 is 0 Å². The fourth-order valence-corrected chi connectivity index (χ4v) is 9.07. The van der Waals surface area contributed by atoms with Crippen LogP contribution >= 0.6 is 0 Å². The summed E-state index contributed by atoms with van der Waals surface area (Å²) in [7, 11) is -3.47. The summed E-state index contributed by atoms with van der Waals surface area (Å²) in [5, 5.41) is 15.2. The molecule has 3 fully saturated rings. The zero-order valence-electron chi connectivity index (χ0n) is 22.2. The van der Waals surface area contributed by atoms with Gasteiger partial charge in [-0.05, 0) is 64.0 Å². The van der Waals surface area contributed by atoms with Gasteiger partial charge in [-0.1, -0.05) is 19.8 Å². The summed E-state index contributed by atoms with van der Waals surface area (Å²) in [5.41, 5.74) is 1.81. The Kier molecular flexibility index (Phi) is 7.00. The maximum absolute atomic E-state index is 13.9. The molecule has 6 heterocycles. The summed E-state index contributed by atoms with van der Waals surface area (Å²) in [6, 6.07) is 8.14. The van der Waals surface area contributed by atoms with Crippen molar-refractivity contribution in [2.75, 3.05) is 17.2 Å². The first-order valence-corrected chi connectivity index (χ1v) is 15.4. The van der Waals surface area contributed by atoms with Crippen LogP contribution in [0.25, 0.3) is 10.9 Å². The van der Waals surface area contributed by atoms with E-state index in [4.69, 9.17) is 4.98 Å². The Hall–Kier alpha value is -2.76. The van der Waals surface area contributed by atoms with E-state index in [1.165, 1.54) is 0 Å². The molecule has 3 aliphatic heterocycles. The first kappa shape index (κ1) is 25.5. The Morgan fingerprint density at radius 2 is 1.92 bits per heavy atom. The number of fused-ring (bicyclic) bond motifs is 3. The molecule has 3 aromatic rings. The van der Waals surface area contributed by atoms with Crippen LogP contribution in [0.1, 0.15) is 70.4 Å². The average Bonchev–Trinajstić information content (AvgIpc) is 3.53. The van der Waals surface area contributed by atoms with E-state index in [-0.39, 0.29) is 24.2 Å². The number of rotatable bonds is 8. The number of aromatic nitrogens is 4. The maximum atomic E-state index is 13.9. The number of H-pyrrole nitrogens is 1. The Labute approximate surface area is 224 Å². The summed E-state index contributed by atoms with van der Waals surface area (Å²) in [6.45, 7) is 4.75. The zero-order chi connectivity index (χ0) is 26.3. The van der Waals surface area contributed by atoms with Crippen molar-refractivity contribution in [2.45, 2.75) is 95.8 Å². The predicted molar refractivity (Wildman–Crippen MR) is 150 cm³/mol. The van der Waals surface area contributed by atoms with Gasteiger partial charge in [0.25, 0.3) is 10.2 Å². The SMILES string of the molecule is CCCC1CCCN1S(=O)(=O)N1[C@@H]2CCC[C@H]1CC(Nc1nc(Nc3cc(C)[nH]n3)cc3ncccc13)C2. The highest BCUT2D eigenvalue weighted by atomic mass is 32.2. The van der Waals surface area contributed by atoms with Crippen LogP contribution in [0.4, 0.5) is 17.5 Å². The van der Waals surface area contributed by atoms with Crippen LogP contribution in [-0.2, 0) is 10.2 Å². The van der Waals surface area contributed by atoms with Crippen LogP contribution in [0.15, 0.2) is 30.5 Å². The number of nitrogens with one attached hydrogen (secondary N) is 3. The molecule has 4 atom stereocenters. The summed E-state index contributed by atoms with van der Waals surface area (Å²) in [5.74, 6) is 2.14. The lowest BCUT2D eigenvalue weighted by molar-refractivity contribution is 0.106. The van der Waals surface area contributed by atoms with E-state index in [2.05, 4.69) is 32.7 Å². The quantitative estimate of drug-likeness (QED) is 0.380. The normalized spacial score (nSPS) is 26.6. The number of anilines is 3. The van der Waals surface area contributed by atoms with Gasteiger partial charge in [0.15, 0.2) is 5.82 Å². The van der Waals surface area contributed by atoms with Crippen molar-refractivity contribution in [3.8, 4) is 0 Å². The first-order chi connectivity index (χ1) is 18.4. The topological polar surface area (TPSA) is 119 Å². The second-order valence-corrected chi connectivity index (χ2v) is 12.9. The van der Waals surface area contributed by atoms with Crippen LogP contribution in [0.3, 0.4) is 0 Å². The molecule has 0 amide bonds. The molecule has 0 aromatic carbocycles. The van der Waals surface area contributed by atoms with Gasteiger partial charge in [-0.2, -0.15) is 22.1 Å². The summed E-state index contributed by atoms with van der Waals surface area (Å²) in [4.78, 5) is 9.47. The largest absolute Gasteiger partial charge is 0.367 e. The van der Waals surface area contributed by atoms with Crippen LogP contribution < -0.4 is 10.6 Å². The van der Waals surface area contributed by atoms with Gasteiger partial charge in [-0.3, -0.25) is 10.1 Å². The van der Waals surface area contributed by atoms with Crippen molar-refractivity contribution in [1.82, 2.24) is 28.8 Å². The molecule has 2 bridgehead atoms. The summed E-state index contributed by atoms with van der Waals surface area (Å²) in [6.07, 6.45) is 10.2. The minimum Gasteiger partial charge on any atom is -0.367 e. The highest BCUT2D eigenvalue weighted by molar-refractivity contribution is 7.86. The van der Waals surface area contributed by atoms with Gasteiger partial charge in [-0.25, -0.2) is 4.98 Å². The minimum atomic E-state index is -3.47. The fourth-order valence-electron chi connectivity index (χ4n) is 6.74. The molecule has 0 radical (unpaired) electrons. The molecule has 0 spiro atoms. The molecule has 0 aliphatic carbocycles. The molecule has 10 nitrogen and oxygen atoms in total. The van der Waals surface area contributed by atoms with Crippen molar-refractivity contribution in [2.24, 2.45) is 0 Å². The van der Waals surface area contributed by atoms with Crippen LogP contribution in [0.2, 0.25) is 0 Å². The Balaban J connectivity index is 1.24. The highest BCUT2D eigenvalue weighted by Crippen LogP contribution is 2.40. The van der Waals surface area contributed by atoms with E-state index in [0.717, 1.165) is 80.2 Å². The molecular weight excluding hydrogens is 500 g/mol. The number of hydrogen-bond donors (Lipinski definition) is 3. The van der Waals surface area contributed by atoms with Crippen LogP contribution in [0, 0.1) is 6.92 Å². The molecule has 38 heavy (non-hydrogen) atoms. The number of aryl methyl sites for hydroxylation is 1. The van der Waals surface area contributed by atoms with Gasteiger partial charge in [0.1, 0.15) is 11.6 Å². The monoisotopic (exact) mass is 538 g/mol. The maximum Gasteiger partial charge on any atom is 0.282 e. The predicted octanol–water partition coefficient (Wildman–Crippen LogP) is 4.71. The van der Waals surface area contributed by atoms with E-state index in [1.54, 1.807) is 6.20 Å². The molecule has 6 rings (SSSR count). The van der Waals surface area contributed by atoms with Crippen molar-refractivity contribution >= 4 is 38.6 Å². The van der Waals surface area contributed by atoms with Crippen molar-refractivity contribution in [1.29, 1.82) is 0 Å². The third kappa shape index (κ3) is 4.87. The second kappa shape index (κ2) is 10.4. The van der Waals surface area contributed by atoms with E-state index in [1.807, 2.05) is 39.8 Å². The summed E-state index contributed by atoms with van der Waals surface area (Å²) < 4.78 is 31.6. The molecule has 3 N–H and O–H groups in total. The van der Waals surface area contributed by atoms with Gasteiger partial charge in [0, 0.05) is 60.1 Å². The first-order valence-electron chi connectivity index (χ1n) is 14.0. The van der Waals surface area contributed by atoms with Crippen molar-refractivity contribution < 1.29 is 8.42 Å². The van der Waals surface area contributed by atoms with Gasteiger partial charge in [0.05, 0.1) is 5.52 Å². The lowest BCUT2D eigenvalue weighted by atomic mass is 9.84. The number of pyridine rings is 2. The van der Waals surface area contributed by atoms with E-state index in [0.29, 0.717) is 18.2 Å². The lowest BCUT2D eigenvalue weighted by Gasteiger charge is -2.49. The van der Waals surface area contributed by atoms with E-state index >= 15 is 0 Å². The summed E-state index contributed by atoms with van der Waals surface area (Å²) >= 11 is 0. The molecule has 0 saturated carbocycles. The fraction of sp³-hybridized carbons (Fsp3) is 0.593. The standard InChI is InChI=1S/C27H38N8O2S/c1-3-7-20-10-6-13-34(20)38(36,37)35-21-8-4-9-22(35)16-19(15-21)29-27-23-11-5-12-28-24(23)17-25(31-27)30-26-14-18(2)32-33-26/h5,11-12,14,17,19-22H,3-4,6-10,13,15-16H2,1-2H3,(H3,29,30,31,32,33)/t19?,20?,21-,22+. The van der Waals surface area contributed by atoms with Crippen LogP contribution in [-0.4, -0.2) is 67.9 Å². The minimum absolute atomic E-state index is 0.0191. The lowest BCUT2D eigenvalue weighted by Crippen LogP contribution is -2.60. The number of piperidine rings is 2. The molecule has 11 heteroatoms. The second-order valence-electron chi connectivity index (χ2n) is 11.1. The molecule has 3 aliphatic rings. The average molecular weight is 539 g/mol. The Morgan fingerprint density at radius 3 is 2.66 bits per heavy atom. The molecular formula is C27H38N8O2S. The third-order valence-electron chi connectivity index (χ3n) is 8.32. The molecule has 3 aromatic heterocycles. The van der Waals surface area contributed by atoms with Gasteiger partial charge in [-0.15, -0.1) is 0 Å². The zero-order valence-corrected chi connectivity index (χ0v) is 23.0. The highest BCUT2D eigenvalue weighted by Gasteiger charge is 2.48. The van der Waals surface area contributed by atoms with Gasteiger partial charge < -0.3 is 10.6 Å². The molecule has 2 unspecified atom stereocenters.